The van der Waals surface area contributed by atoms with E-state index in [1.165, 1.54) is 6.07 Å². The van der Waals surface area contributed by atoms with Crippen LogP contribution >= 0.6 is 43.5 Å². The van der Waals surface area contributed by atoms with Crippen LogP contribution in [0.25, 0.3) is 0 Å². The van der Waals surface area contributed by atoms with Crippen molar-refractivity contribution in [2.75, 3.05) is 0 Å². The predicted octanol–water partition coefficient (Wildman–Crippen LogP) is 4.43. The van der Waals surface area contributed by atoms with Gasteiger partial charge >= 0.3 is 5.02 Å². The fourth-order valence-electron chi connectivity index (χ4n) is 0.696. The van der Waals surface area contributed by atoms with Crippen molar-refractivity contribution in [3.05, 3.63) is 27.7 Å². The molecule has 0 aliphatic carbocycles. The Morgan fingerprint density at radius 1 is 1.38 bits per heavy atom. The molecule has 0 aliphatic heterocycles. The Balaban J connectivity index is 3.00. The molecule has 0 amide bonds. The van der Waals surface area contributed by atoms with Gasteiger partial charge in [0, 0.05) is 15.9 Å². The molecule has 0 radical (unpaired) electrons. The van der Waals surface area contributed by atoms with Crippen LogP contribution in [0.5, 0.6) is 5.75 Å². The molecule has 0 saturated carbocycles. The van der Waals surface area contributed by atoms with Crippen LogP contribution in [0.2, 0.25) is 5.02 Å². The summed E-state index contributed by atoms with van der Waals surface area (Å²) in [5.74, 6) is -0.0916. The van der Waals surface area contributed by atoms with Gasteiger partial charge in [0.05, 0.1) is 9.50 Å². The van der Waals surface area contributed by atoms with Gasteiger partial charge in [-0.15, -0.1) is 0 Å². The molecule has 0 spiro atoms. The summed E-state index contributed by atoms with van der Waals surface area (Å²) in [7, 11) is 0. The molecule has 1 aromatic rings. The SMILES string of the molecule is FC(F)(Br)Oc1c(Cl)cccc1Br. The van der Waals surface area contributed by atoms with E-state index in [1.807, 2.05) is 15.9 Å². The summed E-state index contributed by atoms with van der Waals surface area (Å²) in [5.41, 5.74) is 0. The van der Waals surface area contributed by atoms with Gasteiger partial charge in [-0.3, -0.25) is 0 Å². The standard InChI is InChI=1S/C7H3Br2ClF2O/c8-4-2-1-3-5(10)6(4)13-7(9,11)12/h1-3H. The summed E-state index contributed by atoms with van der Waals surface area (Å²) < 4.78 is 29.4. The highest BCUT2D eigenvalue weighted by atomic mass is 79.9. The first-order valence-corrected chi connectivity index (χ1v) is 5.06. The fourth-order valence-corrected chi connectivity index (χ4v) is 1.63. The molecule has 1 rings (SSSR count). The van der Waals surface area contributed by atoms with Gasteiger partial charge in [0.25, 0.3) is 0 Å². The summed E-state index contributed by atoms with van der Waals surface area (Å²) in [6.45, 7) is 0. The quantitative estimate of drug-likeness (QED) is 0.726. The van der Waals surface area contributed by atoms with Gasteiger partial charge < -0.3 is 4.74 Å². The Morgan fingerprint density at radius 2 is 2.00 bits per heavy atom. The van der Waals surface area contributed by atoms with Gasteiger partial charge in [0.2, 0.25) is 0 Å². The van der Waals surface area contributed by atoms with E-state index in [9.17, 15) is 8.78 Å². The number of hydrogen-bond donors (Lipinski definition) is 0. The molecule has 0 aromatic heterocycles. The molecule has 6 heteroatoms. The summed E-state index contributed by atoms with van der Waals surface area (Å²) in [5, 5.41) is -3.30. The maximum Gasteiger partial charge on any atom is 0.459 e. The van der Waals surface area contributed by atoms with Crippen LogP contribution < -0.4 is 4.74 Å². The summed E-state index contributed by atoms with van der Waals surface area (Å²) in [6.07, 6.45) is 0. The smallest absolute Gasteiger partial charge is 0.421 e. The molecule has 0 saturated heterocycles. The maximum absolute atomic E-state index is 12.4. The monoisotopic (exact) mass is 334 g/mol. The topological polar surface area (TPSA) is 9.23 Å². The number of alkyl halides is 3. The van der Waals surface area contributed by atoms with Crippen molar-refractivity contribution >= 4 is 43.5 Å². The van der Waals surface area contributed by atoms with Crippen LogP contribution in [0, 0.1) is 0 Å². The molecule has 0 atom stereocenters. The molecule has 0 fully saturated rings. The summed E-state index contributed by atoms with van der Waals surface area (Å²) >= 11 is 10.7. The highest BCUT2D eigenvalue weighted by molar-refractivity contribution is 9.10. The van der Waals surface area contributed by atoms with Crippen LogP contribution in [0.1, 0.15) is 0 Å². The Morgan fingerprint density at radius 3 is 2.46 bits per heavy atom. The number of hydrogen-bond acceptors (Lipinski definition) is 1. The second-order valence-electron chi connectivity index (χ2n) is 2.10. The molecule has 1 aromatic carbocycles. The first-order chi connectivity index (χ1) is 5.90. The van der Waals surface area contributed by atoms with E-state index in [0.717, 1.165) is 0 Å². The number of para-hydroxylation sites is 1. The highest BCUT2D eigenvalue weighted by Crippen LogP contribution is 2.37. The van der Waals surface area contributed by atoms with Gasteiger partial charge in [-0.1, -0.05) is 17.7 Å². The highest BCUT2D eigenvalue weighted by Gasteiger charge is 2.28. The molecule has 0 bridgehead atoms. The van der Waals surface area contributed by atoms with Crippen LogP contribution in [0.4, 0.5) is 8.78 Å². The second-order valence-corrected chi connectivity index (χ2v) is 4.28. The molecule has 13 heavy (non-hydrogen) atoms. The van der Waals surface area contributed by atoms with Gasteiger partial charge in [0.1, 0.15) is 0 Å². The number of halogens is 5. The molecule has 0 aliphatic rings. The lowest BCUT2D eigenvalue weighted by molar-refractivity contribution is -0.0807. The average Bonchev–Trinajstić information content (AvgIpc) is 1.95. The molecular formula is C7H3Br2ClF2O. The molecule has 0 unspecified atom stereocenters. The molecular weight excluding hydrogens is 333 g/mol. The van der Waals surface area contributed by atoms with E-state index in [0.29, 0.717) is 4.47 Å². The Bertz CT molecular complexity index is 294. The first kappa shape index (κ1) is 11.2. The number of benzene rings is 1. The van der Waals surface area contributed by atoms with Crippen molar-refractivity contribution in [1.29, 1.82) is 0 Å². The average molecular weight is 336 g/mol. The van der Waals surface area contributed by atoms with E-state index in [1.54, 1.807) is 12.1 Å². The maximum atomic E-state index is 12.4. The van der Waals surface area contributed by atoms with E-state index < -0.39 is 5.02 Å². The zero-order valence-electron chi connectivity index (χ0n) is 6.03. The van der Waals surface area contributed by atoms with Crippen molar-refractivity contribution in [1.82, 2.24) is 0 Å². The normalized spacial score (nSPS) is 11.5. The fraction of sp³-hybridized carbons (Fsp3) is 0.143. The van der Waals surface area contributed by atoms with Crippen molar-refractivity contribution in [2.45, 2.75) is 5.02 Å². The second kappa shape index (κ2) is 4.11. The van der Waals surface area contributed by atoms with Gasteiger partial charge in [-0.25, -0.2) is 0 Å². The lowest BCUT2D eigenvalue weighted by atomic mass is 10.3. The Kier molecular flexibility index (Phi) is 3.54. The summed E-state index contributed by atoms with van der Waals surface area (Å²) in [6, 6.07) is 4.63. The van der Waals surface area contributed by atoms with Crippen molar-refractivity contribution in [2.24, 2.45) is 0 Å². The van der Waals surface area contributed by atoms with Gasteiger partial charge in [0.15, 0.2) is 5.75 Å². The largest absolute Gasteiger partial charge is 0.459 e. The minimum atomic E-state index is -3.42. The van der Waals surface area contributed by atoms with E-state index in [-0.39, 0.29) is 10.8 Å². The van der Waals surface area contributed by atoms with Crippen LogP contribution in [0.15, 0.2) is 22.7 Å². The molecule has 0 heterocycles. The van der Waals surface area contributed by atoms with Crippen molar-refractivity contribution in [3.63, 3.8) is 0 Å². The third-order valence-corrected chi connectivity index (χ3v) is 2.22. The van der Waals surface area contributed by atoms with Gasteiger partial charge in [-0.2, -0.15) is 8.78 Å². The van der Waals surface area contributed by atoms with Crippen molar-refractivity contribution < 1.29 is 13.5 Å². The summed E-state index contributed by atoms with van der Waals surface area (Å²) in [4.78, 5) is 0. The Labute approximate surface area is 95.3 Å². The first-order valence-electron chi connectivity index (χ1n) is 3.10. The third kappa shape index (κ3) is 3.40. The zero-order chi connectivity index (χ0) is 10.1. The van der Waals surface area contributed by atoms with Crippen LogP contribution in [0.3, 0.4) is 0 Å². The predicted molar refractivity (Wildman–Crippen MR) is 53.7 cm³/mol. The zero-order valence-corrected chi connectivity index (χ0v) is 9.96. The van der Waals surface area contributed by atoms with Crippen LogP contribution in [-0.4, -0.2) is 5.02 Å². The van der Waals surface area contributed by atoms with E-state index in [4.69, 9.17) is 11.6 Å². The van der Waals surface area contributed by atoms with Crippen LogP contribution in [-0.2, 0) is 0 Å². The lowest BCUT2D eigenvalue weighted by Crippen LogP contribution is -2.15. The number of ether oxygens (including phenoxy) is 1. The van der Waals surface area contributed by atoms with Gasteiger partial charge in [-0.05, 0) is 28.1 Å². The number of rotatable bonds is 2. The van der Waals surface area contributed by atoms with Crippen molar-refractivity contribution in [3.8, 4) is 5.75 Å². The molecule has 1 nitrogen and oxygen atoms in total. The molecule has 72 valence electrons. The van der Waals surface area contributed by atoms with E-state index in [2.05, 4.69) is 20.7 Å². The third-order valence-electron chi connectivity index (χ3n) is 1.14. The minimum absolute atomic E-state index is 0.0916. The Hall–Kier alpha value is 0.130. The van der Waals surface area contributed by atoms with E-state index >= 15 is 0 Å². The molecule has 0 N–H and O–H groups in total. The lowest BCUT2D eigenvalue weighted by Gasteiger charge is -2.13. The minimum Gasteiger partial charge on any atom is -0.421 e.